The predicted molar refractivity (Wildman–Crippen MR) is 61.7 cm³/mol. The van der Waals surface area contributed by atoms with Crippen LogP contribution in [0.25, 0.3) is 0 Å². The van der Waals surface area contributed by atoms with Crippen molar-refractivity contribution in [3.05, 3.63) is 0 Å². The lowest BCUT2D eigenvalue weighted by atomic mass is 9.97. The molecular formula is C12H25NO2. The van der Waals surface area contributed by atoms with Crippen LogP contribution in [0.3, 0.4) is 0 Å². The Balaban J connectivity index is 2.44. The summed E-state index contributed by atoms with van der Waals surface area (Å²) in [6.07, 6.45) is 5.61. The molecule has 1 heterocycles. The Kier molecular flexibility index (Phi) is 4.56. The van der Waals surface area contributed by atoms with Crippen molar-refractivity contribution in [2.75, 3.05) is 13.2 Å². The van der Waals surface area contributed by atoms with Gasteiger partial charge in [-0.05, 0) is 26.2 Å². The normalized spacial score (nSPS) is 36.0. The Bertz CT molecular complexity index is 192. The van der Waals surface area contributed by atoms with E-state index in [1.807, 2.05) is 0 Å². The highest BCUT2D eigenvalue weighted by Gasteiger charge is 2.43. The summed E-state index contributed by atoms with van der Waals surface area (Å²) in [4.78, 5) is 0. The van der Waals surface area contributed by atoms with Gasteiger partial charge in [-0.2, -0.15) is 0 Å². The molecule has 1 rings (SSSR count). The van der Waals surface area contributed by atoms with E-state index in [4.69, 9.17) is 4.74 Å². The Morgan fingerprint density at radius 2 is 2.07 bits per heavy atom. The first-order valence-corrected chi connectivity index (χ1v) is 6.14. The van der Waals surface area contributed by atoms with E-state index in [1.165, 1.54) is 19.3 Å². The van der Waals surface area contributed by atoms with E-state index in [-0.39, 0.29) is 17.9 Å². The number of unbranched alkanes of at least 4 members (excludes halogenated alkanes) is 2. The third-order valence-electron chi connectivity index (χ3n) is 3.43. The van der Waals surface area contributed by atoms with Crippen LogP contribution in [-0.2, 0) is 4.74 Å². The Hall–Kier alpha value is -0.120. The summed E-state index contributed by atoms with van der Waals surface area (Å²) in [5.74, 6) is 0. The first-order valence-electron chi connectivity index (χ1n) is 6.14. The van der Waals surface area contributed by atoms with Crippen molar-refractivity contribution in [1.82, 2.24) is 5.32 Å². The minimum atomic E-state index is -0.228. The van der Waals surface area contributed by atoms with Crippen LogP contribution >= 0.6 is 0 Å². The second kappa shape index (κ2) is 5.28. The summed E-state index contributed by atoms with van der Waals surface area (Å²) in [5, 5.41) is 12.8. The molecule has 0 aromatic carbocycles. The molecule has 0 spiro atoms. The van der Waals surface area contributed by atoms with E-state index in [0.29, 0.717) is 6.61 Å². The molecule has 2 atom stereocenters. The maximum Gasteiger partial charge on any atom is 0.117 e. The minimum Gasteiger partial charge on any atom is -0.394 e. The van der Waals surface area contributed by atoms with Gasteiger partial charge in [-0.25, -0.2) is 0 Å². The lowest BCUT2D eigenvalue weighted by molar-refractivity contribution is -0.00286. The van der Waals surface area contributed by atoms with Gasteiger partial charge in [0.1, 0.15) is 5.72 Å². The highest BCUT2D eigenvalue weighted by molar-refractivity contribution is 4.97. The summed E-state index contributed by atoms with van der Waals surface area (Å²) >= 11 is 0. The summed E-state index contributed by atoms with van der Waals surface area (Å²) in [7, 11) is 0. The summed E-state index contributed by atoms with van der Waals surface area (Å²) in [5.41, 5.74) is -0.436. The molecule has 0 aromatic rings. The van der Waals surface area contributed by atoms with E-state index in [2.05, 4.69) is 26.1 Å². The topological polar surface area (TPSA) is 41.5 Å². The van der Waals surface area contributed by atoms with E-state index in [0.717, 1.165) is 12.8 Å². The highest BCUT2D eigenvalue weighted by atomic mass is 16.5. The molecule has 0 bridgehead atoms. The van der Waals surface area contributed by atoms with Gasteiger partial charge in [0, 0.05) is 0 Å². The number of aliphatic hydroxyl groups excluding tert-OH is 1. The quantitative estimate of drug-likeness (QED) is 0.666. The standard InChI is InChI=1S/C12H25NO2/c1-4-6-7-8-11(3)13-12(5-2,9-14)10-15-11/h13-14H,4-10H2,1-3H3. The fraction of sp³-hybridized carbons (Fsp3) is 1.00. The summed E-state index contributed by atoms with van der Waals surface area (Å²) in [6, 6.07) is 0. The van der Waals surface area contributed by atoms with Crippen molar-refractivity contribution in [3.63, 3.8) is 0 Å². The van der Waals surface area contributed by atoms with Gasteiger partial charge >= 0.3 is 0 Å². The molecule has 1 aliphatic rings. The second-order valence-electron chi connectivity index (χ2n) is 4.89. The molecule has 0 aromatic heterocycles. The monoisotopic (exact) mass is 215 g/mol. The molecule has 1 aliphatic heterocycles. The molecule has 3 nitrogen and oxygen atoms in total. The van der Waals surface area contributed by atoms with E-state index in [1.54, 1.807) is 0 Å². The minimum absolute atomic E-state index is 0.160. The average Bonchev–Trinajstić information content (AvgIpc) is 2.58. The molecule has 0 radical (unpaired) electrons. The van der Waals surface area contributed by atoms with Gasteiger partial charge in [0.05, 0.1) is 18.8 Å². The van der Waals surface area contributed by atoms with E-state index in [9.17, 15) is 5.11 Å². The molecule has 1 saturated heterocycles. The zero-order valence-corrected chi connectivity index (χ0v) is 10.3. The lowest BCUT2D eigenvalue weighted by Gasteiger charge is -2.29. The van der Waals surface area contributed by atoms with Crippen molar-refractivity contribution in [2.24, 2.45) is 0 Å². The maximum absolute atomic E-state index is 9.38. The molecular weight excluding hydrogens is 190 g/mol. The summed E-state index contributed by atoms with van der Waals surface area (Å²) < 4.78 is 5.81. The zero-order chi connectivity index (χ0) is 11.4. The van der Waals surface area contributed by atoms with Crippen molar-refractivity contribution in [3.8, 4) is 0 Å². The van der Waals surface area contributed by atoms with Crippen LogP contribution in [0.4, 0.5) is 0 Å². The number of rotatable bonds is 6. The molecule has 90 valence electrons. The number of ether oxygens (including phenoxy) is 1. The van der Waals surface area contributed by atoms with Crippen LogP contribution in [0.1, 0.15) is 52.9 Å². The molecule has 1 fully saturated rings. The first kappa shape index (κ1) is 12.9. The lowest BCUT2D eigenvalue weighted by Crippen LogP contribution is -2.52. The van der Waals surface area contributed by atoms with E-state index >= 15 is 0 Å². The smallest absolute Gasteiger partial charge is 0.117 e. The van der Waals surface area contributed by atoms with Crippen LogP contribution in [0.15, 0.2) is 0 Å². The Morgan fingerprint density at radius 3 is 2.53 bits per heavy atom. The zero-order valence-electron chi connectivity index (χ0n) is 10.3. The van der Waals surface area contributed by atoms with Gasteiger partial charge in [-0.3, -0.25) is 5.32 Å². The maximum atomic E-state index is 9.38. The highest BCUT2D eigenvalue weighted by Crippen LogP contribution is 2.29. The molecule has 0 aliphatic carbocycles. The van der Waals surface area contributed by atoms with Crippen molar-refractivity contribution < 1.29 is 9.84 Å². The fourth-order valence-electron chi connectivity index (χ4n) is 2.16. The Labute approximate surface area is 93.2 Å². The molecule has 15 heavy (non-hydrogen) atoms. The Morgan fingerprint density at radius 1 is 1.33 bits per heavy atom. The second-order valence-corrected chi connectivity index (χ2v) is 4.89. The number of aliphatic hydroxyl groups is 1. The van der Waals surface area contributed by atoms with Gasteiger partial charge in [0.25, 0.3) is 0 Å². The SMILES string of the molecule is CCCCCC1(C)NC(CC)(CO)CO1. The van der Waals surface area contributed by atoms with Crippen LogP contribution in [0.5, 0.6) is 0 Å². The van der Waals surface area contributed by atoms with Gasteiger partial charge in [-0.15, -0.1) is 0 Å². The van der Waals surface area contributed by atoms with Crippen LogP contribution < -0.4 is 5.32 Å². The number of nitrogens with one attached hydrogen (secondary N) is 1. The molecule has 2 N–H and O–H groups in total. The molecule has 0 saturated carbocycles. The third kappa shape index (κ3) is 3.16. The average molecular weight is 215 g/mol. The van der Waals surface area contributed by atoms with Crippen molar-refractivity contribution in [1.29, 1.82) is 0 Å². The van der Waals surface area contributed by atoms with E-state index < -0.39 is 0 Å². The molecule has 2 unspecified atom stereocenters. The van der Waals surface area contributed by atoms with Crippen molar-refractivity contribution in [2.45, 2.75) is 64.1 Å². The number of hydrogen-bond acceptors (Lipinski definition) is 3. The molecule has 3 heteroatoms. The van der Waals surface area contributed by atoms with Gasteiger partial charge < -0.3 is 9.84 Å². The largest absolute Gasteiger partial charge is 0.394 e. The van der Waals surface area contributed by atoms with Crippen LogP contribution in [0.2, 0.25) is 0 Å². The first-order chi connectivity index (χ1) is 7.10. The van der Waals surface area contributed by atoms with Crippen LogP contribution in [-0.4, -0.2) is 29.6 Å². The van der Waals surface area contributed by atoms with Gasteiger partial charge in [0.15, 0.2) is 0 Å². The third-order valence-corrected chi connectivity index (χ3v) is 3.43. The van der Waals surface area contributed by atoms with Crippen LogP contribution in [0, 0.1) is 0 Å². The fourth-order valence-corrected chi connectivity index (χ4v) is 2.16. The van der Waals surface area contributed by atoms with Gasteiger partial charge in [-0.1, -0.05) is 26.7 Å². The summed E-state index contributed by atoms with van der Waals surface area (Å²) in [6.45, 7) is 7.17. The molecule has 0 amide bonds. The van der Waals surface area contributed by atoms with Gasteiger partial charge in [0.2, 0.25) is 0 Å². The predicted octanol–water partition coefficient (Wildman–Crippen LogP) is 2.04. The van der Waals surface area contributed by atoms with Crippen molar-refractivity contribution >= 4 is 0 Å². The number of hydrogen-bond donors (Lipinski definition) is 2.